The fourth-order valence-corrected chi connectivity index (χ4v) is 1.81. The zero-order valence-electron chi connectivity index (χ0n) is 12.5. The number of hydrogen-bond donors (Lipinski definition) is 3. The van der Waals surface area contributed by atoms with E-state index in [1.54, 1.807) is 0 Å². The Morgan fingerprint density at radius 3 is 2.19 bits per heavy atom. The Hall–Kier alpha value is -1.57. The van der Waals surface area contributed by atoms with Crippen LogP contribution in [-0.2, 0) is 6.18 Å². The molecule has 21 heavy (non-hydrogen) atoms. The first kappa shape index (κ1) is 17.5. The summed E-state index contributed by atoms with van der Waals surface area (Å²) in [6.45, 7) is 5.74. The predicted octanol–water partition coefficient (Wildman–Crippen LogP) is 2.75. The van der Waals surface area contributed by atoms with Crippen molar-refractivity contribution in [2.45, 2.75) is 39.4 Å². The van der Waals surface area contributed by atoms with Gasteiger partial charge >= 0.3 is 6.18 Å². The molecule has 5 nitrogen and oxygen atoms in total. The summed E-state index contributed by atoms with van der Waals surface area (Å²) in [4.78, 5) is 6.92. The topological polar surface area (TPSA) is 70.1 Å². The molecule has 0 aromatic carbocycles. The Morgan fingerprint density at radius 1 is 1.19 bits per heavy atom. The van der Waals surface area contributed by atoms with E-state index in [2.05, 4.69) is 20.6 Å². The van der Waals surface area contributed by atoms with E-state index in [-0.39, 0.29) is 29.7 Å². The van der Waals surface area contributed by atoms with Crippen LogP contribution >= 0.6 is 0 Å². The van der Waals surface area contributed by atoms with E-state index in [0.717, 1.165) is 0 Å². The van der Waals surface area contributed by atoms with Crippen molar-refractivity contribution in [2.24, 2.45) is 5.41 Å². The third-order valence-corrected chi connectivity index (χ3v) is 3.02. The second-order valence-electron chi connectivity index (χ2n) is 5.79. The van der Waals surface area contributed by atoms with Gasteiger partial charge in [-0.3, -0.25) is 0 Å². The molecule has 0 saturated carbocycles. The average Bonchev–Trinajstić information content (AvgIpc) is 2.35. The summed E-state index contributed by atoms with van der Waals surface area (Å²) in [6, 6.07) is 1.19. The molecule has 1 unspecified atom stereocenters. The first-order valence-electron chi connectivity index (χ1n) is 6.59. The Labute approximate surface area is 122 Å². The first-order valence-corrected chi connectivity index (χ1v) is 6.59. The fourth-order valence-electron chi connectivity index (χ4n) is 1.81. The third kappa shape index (κ3) is 5.04. The predicted molar refractivity (Wildman–Crippen MR) is 75.1 cm³/mol. The van der Waals surface area contributed by atoms with Gasteiger partial charge in [-0.2, -0.15) is 13.2 Å². The summed E-state index contributed by atoms with van der Waals surface area (Å²) in [5.74, 6) is -1.04. The van der Waals surface area contributed by atoms with Crippen molar-refractivity contribution in [1.29, 1.82) is 0 Å². The van der Waals surface area contributed by atoms with Crippen LogP contribution in [0.1, 0.15) is 33.0 Å². The summed E-state index contributed by atoms with van der Waals surface area (Å²) >= 11 is 0. The molecular formula is C13H21F3N4O. The smallest absolute Gasteiger partial charge is 0.396 e. The van der Waals surface area contributed by atoms with Gasteiger partial charge in [-0.1, -0.05) is 20.8 Å². The average molecular weight is 306 g/mol. The van der Waals surface area contributed by atoms with Gasteiger partial charge in [0, 0.05) is 25.8 Å². The molecular weight excluding hydrogens is 285 g/mol. The lowest BCUT2D eigenvalue weighted by Crippen LogP contribution is -2.35. The van der Waals surface area contributed by atoms with Crippen molar-refractivity contribution in [3.8, 4) is 0 Å². The lowest BCUT2D eigenvalue weighted by atomic mass is 9.85. The quantitative estimate of drug-likeness (QED) is 0.780. The molecule has 8 heteroatoms. The van der Waals surface area contributed by atoms with Crippen molar-refractivity contribution in [3.05, 3.63) is 11.9 Å². The summed E-state index contributed by atoms with van der Waals surface area (Å²) in [5.41, 5.74) is -0.244. The SMILES string of the molecule is CNc1cc(NC(CCO)C(C)(C)C)nc(C(F)(F)F)n1. The Balaban J connectivity index is 3.11. The first-order chi connectivity index (χ1) is 9.57. The van der Waals surface area contributed by atoms with E-state index < -0.39 is 12.0 Å². The number of aromatic nitrogens is 2. The zero-order valence-corrected chi connectivity index (χ0v) is 12.5. The molecule has 0 fully saturated rings. The molecule has 1 rings (SSSR count). The number of alkyl halides is 3. The van der Waals surface area contributed by atoms with Crippen molar-refractivity contribution < 1.29 is 18.3 Å². The maximum atomic E-state index is 12.8. The minimum Gasteiger partial charge on any atom is -0.396 e. The van der Waals surface area contributed by atoms with Crippen molar-refractivity contribution >= 4 is 11.6 Å². The second-order valence-corrected chi connectivity index (χ2v) is 5.79. The lowest BCUT2D eigenvalue weighted by Gasteiger charge is -2.31. The van der Waals surface area contributed by atoms with Gasteiger partial charge in [-0.25, -0.2) is 9.97 Å². The van der Waals surface area contributed by atoms with Gasteiger partial charge < -0.3 is 15.7 Å². The van der Waals surface area contributed by atoms with Gasteiger partial charge in [0.25, 0.3) is 0 Å². The van der Waals surface area contributed by atoms with Gasteiger partial charge in [0.05, 0.1) is 0 Å². The fraction of sp³-hybridized carbons (Fsp3) is 0.692. The molecule has 0 aliphatic rings. The summed E-state index contributed by atoms with van der Waals surface area (Å²) < 4.78 is 38.3. The molecule has 0 aliphatic heterocycles. The maximum Gasteiger partial charge on any atom is 0.451 e. The van der Waals surface area contributed by atoms with Crippen LogP contribution in [0, 0.1) is 5.41 Å². The maximum absolute atomic E-state index is 12.8. The number of anilines is 2. The molecule has 0 spiro atoms. The summed E-state index contributed by atoms with van der Waals surface area (Å²) in [7, 11) is 1.49. The minimum absolute atomic E-state index is 0.0645. The third-order valence-electron chi connectivity index (χ3n) is 3.02. The molecule has 1 aromatic heterocycles. The number of nitrogens with zero attached hydrogens (tertiary/aromatic N) is 2. The van der Waals surface area contributed by atoms with Crippen LogP contribution in [0.5, 0.6) is 0 Å². The molecule has 0 bridgehead atoms. The van der Waals surface area contributed by atoms with Crippen molar-refractivity contribution in [1.82, 2.24) is 9.97 Å². The van der Waals surface area contributed by atoms with Crippen LogP contribution < -0.4 is 10.6 Å². The zero-order chi connectivity index (χ0) is 16.3. The highest BCUT2D eigenvalue weighted by Gasteiger charge is 2.36. The number of rotatable bonds is 5. The molecule has 0 saturated heterocycles. The molecule has 1 heterocycles. The minimum atomic E-state index is -4.61. The van der Waals surface area contributed by atoms with E-state index >= 15 is 0 Å². The van der Waals surface area contributed by atoms with E-state index in [4.69, 9.17) is 5.11 Å². The van der Waals surface area contributed by atoms with Crippen LogP contribution in [0.15, 0.2) is 6.07 Å². The molecule has 3 N–H and O–H groups in total. The van der Waals surface area contributed by atoms with Gasteiger partial charge in [0.1, 0.15) is 11.6 Å². The second kappa shape index (κ2) is 6.46. The van der Waals surface area contributed by atoms with Crippen molar-refractivity contribution in [2.75, 3.05) is 24.3 Å². The molecule has 0 aliphatic carbocycles. The summed E-state index contributed by atoms with van der Waals surface area (Å²) in [6.07, 6.45) is -4.21. The summed E-state index contributed by atoms with van der Waals surface area (Å²) in [5, 5.41) is 14.6. The van der Waals surface area contributed by atoms with E-state index in [0.29, 0.717) is 6.42 Å². The van der Waals surface area contributed by atoms with Crippen LogP contribution in [0.25, 0.3) is 0 Å². The normalized spacial score (nSPS) is 13.9. The Bertz CT molecular complexity index is 471. The number of aliphatic hydroxyl groups excluding tert-OH is 1. The highest BCUT2D eigenvalue weighted by Crippen LogP contribution is 2.30. The van der Waals surface area contributed by atoms with Crippen LogP contribution in [0.2, 0.25) is 0 Å². The Morgan fingerprint density at radius 2 is 1.76 bits per heavy atom. The highest BCUT2D eigenvalue weighted by molar-refractivity contribution is 5.48. The van der Waals surface area contributed by atoms with Gasteiger partial charge in [0.2, 0.25) is 5.82 Å². The van der Waals surface area contributed by atoms with Gasteiger partial charge in [-0.05, 0) is 11.8 Å². The number of nitrogens with one attached hydrogen (secondary N) is 2. The number of hydrogen-bond acceptors (Lipinski definition) is 5. The molecule has 0 radical (unpaired) electrons. The van der Waals surface area contributed by atoms with Crippen molar-refractivity contribution in [3.63, 3.8) is 0 Å². The standard InChI is InChI=1S/C13H21F3N4O/c1-12(2,3)8(5-6-21)18-10-7-9(17-4)19-11(20-10)13(14,15)16/h7-8,21H,5-6H2,1-4H3,(H2,17,18,19,20). The van der Waals surface area contributed by atoms with E-state index in [1.165, 1.54) is 13.1 Å². The van der Waals surface area contributed by atoms with Crippen LogP contribution in [-0.4, -0.2) is 34.8 Å². The largest absolute Gasteiger partial charge is 0.451 e. The number of aliphatic hydroxyl groups is 1. The highest BCUT2D eigenvalue weighted by atomic mass is 19.4. The molecule has 0 amide bonds. The molecule has 120 valence electrons. The Kier molecular flexibility index (Phi) is 5.38. The van der Waals surface area contributed by atoms with Crippen LogP contribution in [0.3, 0.4) is 0 Å². The monoisotopic (exact) mass is 306 g/mol. The number of halogens is 3. The lowest BCUT2D eigenvalue weighted by molar-refractivity contribution is -0.144. The van der Waals surface area contributed by atoms with Crippen LogP contribution in [0.4, 0.5) is 24.8 Å². The molecule has 1 aromatic rings. The van der Waals surface area contributed by atoms with Gasteiger partial charge in [-0.15, -0.1) is 0 Å². The van der Waals surface area contributed by atoms with E-state index in [9.17, 15) is 13.2 Å². The molecule has 1 atom stereocenters. The van der Waals surface area contributed by atoms with Gasteiger partial charge in [0.15, 0.2) is 0 Å². The van der Waals surface area contributed by atoms with E-state index in [1.807, 2.05) is 20.8 Å².